The smallest absolute Gasteiger partial charge is 0.0267 e. The first-order valence-electron chi connectivity index (χ1n) is 8.41. The molecule has 0 amide bonds. The summed E-state index contributed by atoms with van der Waals surface area (Å²) in [5.74, 6) is 5.84. The summed E-state index contributed by atoms with van der Waals surface area (Å²) in [5.41, 5.74) is 0.605. The summed E-state index contributed by atoms with van der Waals surface area (Å²) >= 11 is 0. The molecular formula is C18H34. The van der Waals surface area contributed by atoms with Gasteiger partial charge >= 0.3 is 0 Å². The second-order valence-corrected chi connectivity index (χ2v) is 7.99. The van der Waals surface area contributed by atoms with Gasteiger partial charge in [-0.15, -0.1) is 0 Å². The Kier molecular flexibility index (Phi) is 4.14. The van der Waals surface area contributed by atoms with Crippen molar-refractivity contribution in [2.45, 2.75) is 73.6 Å². The highest BCUT2D eigenvalue weighted by Crippen LogP contribution is 2.59. The summed E-state index contributed by atoms with van der Waals surface area (Å²) < 4.78 is 0. The zero-order chi connectivity index (χ0) is 13.5. The van der Waals surface area contributed by atoms with Crippen molar-refractivity contribution in [2.75, 3.05) is 0 Å². The minimum Gasteiger partial charge on any atom is -0.0651 e. The molecule has 2 aliphatic rings. The first-order valence-corrected chi connectivity index (χ1v) is 8.41. The highest BCUT2D eigenvalue weighted by atomic mass is 14.6. The van der Waals surface area contributed by atoms with Crippen LogP contribution in [0.5, 0.6) is 0 Å². The van der Waals surface area contributed by atoms with E-state index in [0.717, 1.165) is 35.5 Å². The fraction of sp³-hybridized carbons (Fsp3) is 1.00. The molecule has 0 bridgehead atoms. The molecule has 6 unspecified atom stereocenters. The molecule has 0 aromatic heterocycles. The SMILES string of the molecule is CCC(C(C)C)C1(C)CCCC(C2CC2C)C1C. The Hall–Kier alpha value is 0. The van der Waals surface area contributed by atoms with Crippen molar-refractivity contribution in [1.82, 2.24) is 0 Å². The van der Waals surface area contributed by atoms with Crippen LogP contribution in [0.3, 0.4) is 0 Å². The van der Waals surface area contributed by atoms with Crippen molar-refractivity contribution >= 4 is 0 Å². The van der Waals surface area contributed by atoms with Crippen LogP contribution in [0.4, 0.5) is 0 Å². The maximum absolute atomic E-state index is 2.62. The molecule has 0 aliphatic heterocycles. The van der Waals surface area contributed by atoms with E-state index in [4.69, 9.17) is 0 Å². The summed E-state index contributed by atoms with van der Waals surface area (Å²) in [6.45, 7) is 14.9. The quantitative estimate of drug-likeness (QED) is 0.594. The maximum atomic E-state index is 2.62. The normalized spacial score (nSPS) is 46.2. The molecule has 0 nitrogen and oxygen atoms in total. The van der Waals surface area contributed by atoms with E-state index < -0.39 is 0 Å². The van der Waals surface area contributed by atoms with Gasteiger partial charge in [0, 0.05) is 0 Å². The molecule has 0 heterocycles. The van der Waals surface area contributed by atoms with Crippen LogP contribution in [0, 0.1) is 40.9 Å². The summed E-state index contributed by atoms with van der Waals surface area (Å²) in [5, 5.41) is 0. The van der Waals surface area contributed by atoms with Gasteiger partial charge in [0.05, 0.1) is 0 Å². The van der Waals surface area contributed by atoms with Gasteiger partial charge in [-0.05, 0) is 60.2 Å². The van der Waals surface area contributed by atoms with E-state index in [2.05, 4.69) is 41.5 Å². The lowest BCUT2D eigenvalue weighted by Crippen LogP contribution is -2.43. The van der Waals surface area contributed by atoms with E-state index in [9.17, 15) is 0 Å². The van der Waals surface area contributed by atoms with Crippen LogP contribution in [0.1, 0.15) is 73.6 Å². The average Bonchev–Trinajstić information content (AvgIpc) is 3.00. The lowest BCUT2D eigenvalue weighted by Gasteiger charge is -2.51. The van der Waals surface area contributed by atoms with Crippen LogP contribution in [-0.4, -0.2) is 0 Å². The van der Waals surface area contributed by atoms with Crippen LogP contribution in [0.2, 0.25) is 0 Å². The molecule has 0 heteroatoms. The van der Waals surface area contributed by atoms with E-state index in [0.29, 0.717) is 5.41 Å². The van der Waals surface area contributed by atoms with Crippen molar-refractivity contribution in [3.63, 3.8) is 0 Å². The van der Waals surface area contributed by atoms with Crippen LogP contribution in [0.15, 0.2) is 0 Å². The average molecular weight is 250 g/mol. The van der Waals surface area contributed by atoms with Gasteiger partial charge in [-0.2, -0.15) is 0 Å². The lowest BCUT2D eigenvalue weighted by molar-refractivity contribution is -0.0177. The van der Waals surface area contributed by atoms with Crippen molar-refractivity contribution < 1.29 is 0 Å². The topological polar surface area (TPSA) is 0 Å². The Morgan fingerprint density at radius 3 is 2.22 bits per heavy atom. The van der Waals surface area contributed by atoms with Gasteiger partial charge in [-0.25, -0.2) is 0 Å². The van der Waals surface area contributed by atoms with Crippen molar-refractivity contribution in [2.24, 2.45) is 40.9 Å². The van der Waals surface area contributed by atoms with Crippen LogP contribution < -0.4 is 0 Å². The van der Waals surface area contributed by atoms with E-state index in [1.165, 1.54) is 32.1 Å². The Morgan fingerprint density at radius 1 is 1.17 bits per heavy atom. The predicted octanol–water partition coefficient (Wildman–Crippen LogP) is 5.77. The van der Waals surface area contributed by atoms with Gasteiger partial charge in [0.2, 0.25) is 0 Å². The van der Waals surface area contributed by atoms with Crippen LogP contribution in [-0.2, 0) is 0 Å². The second kappa shape index (κ2) is 5.17. The summed E-state index contributed by atoms with van der Waals surface area (Å²) in [6, 6.07) is 0. The highest BCUT2D eigenvalue weighted by Gasteiger charge is 2.50. The monoisotopic (exact) mass is 250 g/mol. The first kappa shape index (κ1) is 14.4. The van der Waals surface area contributed by atoms with Crippen LogP contribution >= 0.6 is 0 Å². The van der Waals surface area contributed by atoms with Crippen molar-refractivity contribution in [3.05, 3.63) is 0 Å². The van der Waals surface area contributed by atoms with E-state index >= 15 is 0 Å². The number of rotatable bonds is 4. The molecule has 6 atom stereocenters. The molecule has 0 aromatic carbocycles. The molecular weight excluding hydrogens is 216 g/mol. The molecule has 18 heavy (non-hydrogen) atoms. The fourth-order valence-electron chi connectivity index (χ4n) is 5.44. The Balaban J connectivity index is 2.15. The van der Waals surface area contributed by atoms with Gasteiger partial charge in [0.15, 0.2) is 0 Å². The Bertz CT molecular complexity index is 280. The largest absolute Gasteiger partial charge is 0.0651 e. The molecule has 0 aromatic rings. The minimum absolute atomic E-state index is 0.605. The lowest BCUT2D eigenvalue weighted by atomic mass is 9.54. The molecule has 0 radical (unpaired) electrons. The standard InChI is InChI=1S/C18H34/c1-7-17(12(2)3)18(6)10-8-9-15(14(18)5)16-11-13(16)4/h12-17H,7-11H2,1-6H3. The predicted molar refractivity (Wildman–Crippen MR) is 80.5 cm³/mol. The van der Waals surface area contributed by atoms with Crippen molar-refractivity contribution in [1.29, 1.82) is 0 Å². The Morgan fingerprint density at radius 2 is 1.78 bits per heavy atom. The highest BCUT2D eigenvalue weighted by molar-refractivity contribution is 5.00. The van der Waals surface area contributed by atoms with Gasteiger partial charge in [0.1, 0.15) is 0 Å². The third-order valence-electron chi connectivity index (χ3n) is 6.75. The van der Waals surface area contributed by atoms with Gasteiger partial charge < -0.3 is 0 Å². The molecule has 2 aliphatic carbocycles. The zero-order valence-electron chi connectivity index (χ0n) is 13.5. The van der Waals surface area contributed by atoms with Crippen LogP contribution in [0.25, 0.3) is 0 Å². The molecule has 0 saturated heterocycles. The number of hydrogen-bond donors (Lipinski definition) is 0. The fourth-order valence-corrected chi connectivity index (χ4v) is 5.44. The van der Waals surface area contributed by atoms with E-state index in [1.54, 1.807) is 0 Å². The molecule has 2 saturated carbocycles. The molecule has 2 fully saturated rings. The molecule has 0 spiro atoms. The summed E-state index contributed by atoms with van der Waals surface area (Å²) in [7, 11) is 0. The maximum Gasteiger partial charge on any atom is -0.0267 e. The van der Waals surface area contributed by atoms with Crippen molar-refractivity contribution in [3.8, 4) is 0 Å². The molecule has 2 rings (SSSR count). The summed E-state index contributed by atoms with van der Waals surface area (Å²) in [4.78, 5) is 0. The number of hydrogen-bond acceptors (Lipinski definition) is 0. The Labute approximate surface area is 115 Å². The molecule has 106 valence electrons. The summed E-state index contributed by atoms with van der Waals surface area (Å²) in [6.07, 6.45) is 7.36. The van der Waals surface area contributed by atoms with Gasteiger partial charge in [-0.1, -0.05) is 54.4 Å². The molecule has 0 N–H and O–H groups in total. The first-order chi connectivity index (χ1) is 8.41. The van der Waals surface area contributed by atoms with Gasteiger partial charge in [-0.3, -0.25) is 0 Å². The van der Waals surface area contributed by atoms with E-state index in [-0.39, 0.29) is 0 Å². The zero-order valence-corrected chi connectivity index (χ0v) is 13.5. The minimum atomic E-state index is 0.605. The second-order valence-electron chi connectivity index (χ2n) is 7.99. The van der Waals surface area contributed by atoms with Gasteiger partial charge in [0.25, 0.3) is 0 Å². The van der Waals surface area contributed by atoms with E-state index in [1.807, 2.05) is 0 Å². The third-order valence-corrected chi connectivity index (χ3v) is 6.75. The third kappa shape index (κ3) is 2.37.